The minimum Gasteiger partial charge on any atom is -0.393 e. The second-order valence-electron chi connectivity index (χ2n) is 10.2. The second-order valence-corrected chi connectivity index (χ2v) is 10.2. The lowest BCUT2D eigenvalue weighted by atomic mass is 9.90. The summed E-state index contributed by atoms with van der Waals surface area (Å²) in [5.74, 6) is -0.193. The Kier molecular flexibility index (Phi) is 10.8. The monoisotopic (exact) mass is 486 g/mol. The topological polar surface area (TPSA) is 74.2 Å². The summed E-state index contributed by atoms with van der Waals surface area (Å²) in [6.45, 7) is 1.47. The molecule has 3 aliphatic rings. The molecule has 2 heterocycles. The lowest BCUT2D eigenvalue weighted by Crippen LogP contribution is -2.31. The third-order valence-corrected chi connectivity index (χ3v) is 7.53. The SMILES string of the molecule is O=CC[C@@H]1[C@@H](C=C[C@H](CCCc2ccccc2)OC2CCCCO2)[C@H](OC2CCCCO2)C[C@@H]1O. The third-order valence-electron chi connectivity index (χ3n) is 7.53. The van der Waals surface area contributed by atoms with Crippen molar-refractivity contribution in [2.45, 2.75) is 102 Å². The van der Waals surface area contributed by atoms with E-state index in [0.29, 0.717) is 12.8 Å². The molecule has 35 heavy (non-hydrogen) atoms. The molecule has 1 N–H and O–H groups in total. The lowest BCUT2D eigenvalue weighted by molar-refractivity contribution is -0.193. The molecule has 7 atom stereocenters. The Morgan fingerprint density at radius 1 is 1.03 bits per heavy atom. The smallest absolute Gasteiger partial charge is 0.158 e. The highest BCUT2D eigenvalue weighted by molar-refractivity contribution is 5.50. The Morgan fingerprint density at radius 3 is 2.46 bits per heavy atom. The molecule has 2 unspecified atom stereocenters. The fourth-order valence-corrected chi connectivity index (χ4v) is 5.58. The van der Waals surface area contributed by atoms with Crippen molar-refractivity contribution in [1.29, 1.82) is 0 Å². The normalized spacial score (nSPS) is 32.6. The van der Waals surface area contributed by atoms with E-state index in [-0.39, 0.29) is 36.6 Å². The molecule has 194 valence electrons. The van der Waals surface area contributed by atoms with E-state index < -0.39 is 6.10 Å². The van der Waals surface area contributed by atoms with E-state index in [9.17, 15) is 9.90 Å². The quantitative estimate of drug-likeness (QED) is 0.332. The van der Waals surface area contributed by atoms with Gasteiger partial charge >= 0.3 is 0 Å². The van der Waals surface area contributed by atoms with E-state index in [0.717, 1.165) is 77.3 Å². The molecule has 2 aliphatic heterocycles. The molecular formula is C29H42O6. The van der Waals surface area contributed by atoms with Crippen LogP contribution in [0.3, 0.4) is 0 Å². The minimum absolute atomic E-state index is 0.0479. The predicted octanol–water partition coefficient (Wildman–Crippen LogP) is 4.98. The van der Waals surface area contributed by atoms with Crippen LogP contribution in [0.25, 0.3) is 0 Å². The minimum atomic E-state index is -0.553. The fraction of sp³-hybridized carbons (Fsp3) is 0.690. The Labute approximate surface area is 210 Å². The number of benzene rings is 1. The van der Waals surface area contributed by atoms with E-state index in [2.05, 4.69) is 36.4 Å². The van der Waals surface area contributed by atoms with Gasteiger partial charge in [-0.3, -0.25) is 0 Å². The van der Waals surface area contributed by atoms with Crippen molar-refractivity contribution in [2.75, 3.05) is 13.2 Å². The Balaban J connectivity index is 1.42. The van der Waals surface area contributed by atoms with Gasteiger partial charge in [0.25, 0.3) is 0 Å². The summed E-state index contributed by atoms with van der Waals surface area (Å²) in [6, 6.07) is 10.5. The first kappa shape index (κ1) is 26.5. The molecule has 6 heteroatoms. The first-order valence-electron chi connectivity index (χ1n) is 13.6. The number of hydrogen-bond donors (Lipinski definition) is 1. The van der Waals surface area contributed by atoms with Crippen LogP contribution in [0, 0.1) is 11.8 Å². The molecule has 3 fully saturated rings. The van der Waals surface area contributed by atoms with Crippen LogP contribution in [0.2, 0.25) is 0 Å². The fourth-order valence-electron chi connectivity index (χ4n) is 5.58. The van der Waals surface area contributed by atoms with E-state index in [1.54, 1.807) is 0 Å². The number of rotatable bonds is 12. The van der Waals surface area contributed by atoms with Crippen LogP contribution in [-0.2, 0) is 30.2 Å². The number of carbonyl (C=O) groups is 1. The van der Waals surface area contributed by atoms with Gasteiger partial charge in [-0.25, -0.2) is 0 Å². The summed E-state index contributed by atoms with van der Waals surface area (Å²) >= 11 is 0. The van der Waals surface area contributed by atoms with Crippen LogP contribution in [0.5, 0.6) is 0 Å². The maximum absolute atomic E-state index is 11.4. The van der Waals surface area contributed by atoms with E-state index >= 15 is 0 Å². The molecule has 0 aromatic heterocycles. The van der Waals surface area contributed by atoms with Gasteiger partial charge in [-0.05, 0) is 63.4 Å². The predicted molar refractivity (Wildman–Crippen MR) is 134 cm³/mol. The Bertz CT molecular complexity index is 756. The summed E-state index contributed by atoms with van der Waals surface area (Å²) in [5, 5.41) is 10.7. The first-order chi connectivity index (χ1) is 17.2. The molecule has 0 spiro atoms. The van der Waals surface area contributed by atoms with E-state index in [1.807, 2.05) is 6.07 Å². The number of aliphatic hydroxyl groups excluding tert-OH is 1. The van der Waals surface area contributed by atoms with Crippen molar-refractivity contribution in [2.24, 2.45) is 11.8 Å². The standard InChI is InChI=1S/C29H42O6/c30-18-17-24-25(27(21-26(24)31)35-29-14-5-7-20-33-29)16-15-23(34-28-13-4-6-19-32-28)12-8-11-22-9-2-1-3-10-22/h1-3,9-10,15-16,18,23-29,31H,4-8,11-14,17,19-21H2/t23-,24+,25+,26-,27+,28?,29?/m0/s1. The highest BCUT2D eigenvalue weighted by Gasteiger charge is 2.43. The molecule has 1 aliphatic carbocycles. The number of hydrogen-bond acceptors (Lipinski definition) is 6. The summed E-state index contributed by atoms with van der Waals surface area (Å²) in [5.41, 5.74) is 1.33. The van der Waals surface area contributed by atoms with Gasteiger partial charge in [-0.1, -0.05) is 42.5 Å². The number of aryl methyl sites for hydroxylation is 1. The zero-order valence-corrected chi connectivity index (χ0v) is 20.8. The highest BCUT2D eigenvalue weighted by atomic mass is 16.7. The molecule has 0 amide bonds. The van der Waals surface area contributed by atoms with Crippen LogP contribution >= 0.6 is 0 Å². The van der Waals surface area contributed by atoms with Gasteiger partial charge in [0, 0.05) is 37.9 Å². The van der Waals surface area contributed by atoms with Crippen molar-refractivity contribution < 1.29 is 28.8 Å². The average Bonchev–Trinajstić information content (AvgIpc) is 3.18. The van der Waals surface area contributed by atoms with Crippen molar-refractivity contribution in [3.8, 4) is 0 Å². The van der Waals surface area contributed by atoms with Gasteiger partial charge in [-0.2, -0.15) is 0 Å². The maximum Gasteiger partial charge on any atom is 0.158 e. The summed E-state index contributed by atoms with van der Waals surface area (Å²) in [7, 11) is 0. The van der Waals surface area contributed by atoms with Crippen LogP contribution in [-0.4, -0.2) is 55.5 Å². The molecule has 6 nitrogen and oxygen atoms in total. The van der Waals surface area contributed by atoms with E-state index in [1.165, 1.54) is 5.56 Å². The molecular weight excluding hydrogens is 444 g/mol. The van der Waals surface area contributed by atoms with Crippen LogP contribution in [0.4, 0.5) is 0 Å². The van der Waals surface area contributed by atoms with Crippen molar-refractivity contribution in [3.05, 3.63) is 48.0 Å². The van der Waals surface area contributed by atoms with Gasteiger partial charge in [0.1, 0.15) is 6.29 Å². The number of carbonyl (C=O) groups excluding carboxylic acids is 1. The Hall–Kier alpha value is -1.57. The molecule has 1 aromatic rings. The second kappa shape index (κ2) is 14.2. The van der Waals surface area contributed by atoms with Crippen LogP contribution in [0.1, 0.15) is 69.8 Å². The van der Waals surface area contributed by atoms with Gasteiger partial charge in [0.15, 0.2) is 12.6 Å². The lowest BCUT2D eigenvalue weighted by Gasteiger charge is -2.29. The average molecular weight is 487 g/mol. The Morgan fingerprint density at radius 2 is 1.77 bits per heavy atom. The van der Waals surface area contributed by atoms with Crippen molar-refractivity contribution in [3.63, 3.8) is 0 Å². The molecule has 1 aromatic carbocycles. The van der Waals surface area contributed by atoms with Gasteiger partial charge in [-0.15, -0.1) is 0 Å². The molecule has 1 saturated carbocycles. The summed E-state index contributed by atoms with van der Waals surface area (Å²) in [4.78, 5) is 11.4. The molecule has 0 bridgehead atoms. The zero-order chi connectivity index (χ0) is 24.3. The van der Waals surface area contributed by atoms with Crippen molar-refractivity contribution in [1.82, 2.24) is 0 Å². The number of ether oxygens (including phenoxy) is 4. The number of aliphatic hydroxyl groups is 1. The summed E-state index contributed by atoms with van der Waals surface area (Å²) < 4.78 is 24.4. The molecule has 0 radical (unpaired) electrons. The van der Waals surface area contributed by atoms with E-state index in [4.69, 9.17) is 18.9 Å². The van der Waals surface area contributed by atoms with Crippen LogP contribution < -0.4 is 0 Å². The maximum atomic E-state index is 11.4. The van der Waals surface area contributed by atoms with Gasteiger partial charge in [0.2, 0.25) is 0 Å². The summed E-state index contributed by atoms with van der Waals surface area (Å²) in [6.07, 6.45) is 13.9. The van der Waals surface area contributed by atoms with Crippen molar-refractivity contribution >= 4 is 6.29 Å². The molecule has 2 saturated heterocycles. The van der Waals surface area contributed by atoms with Gasteiger partial charge in [0.05, 0.1) is 18.3 Å². The highest BCUT2D eigenvalue weighted by Crippen LogP contribution is 2.39. The zero-order valence-electron chi connectivity index (χ0n) is 20.8. The largest absolute Gasteiger partial charge is 0.393 e. The first-order valence-corrected chi connectivity index (χ1v) is 13.6. The molecule has 4 rings (SSSR count). The van der Waals surface area contributed by atoms with Crippen LogP contribution in [0.15, 0.2) is 42.5 Å². The van der Waals surface area contributed by atoms with Gasteiger partial charge < -0.3 is 28.8 Å². The third kappa shape index (κ3) is 8.22. The number of aldehydes is 1.